The maximum atomic E-state index is 13.1. The summed E-state index contributed by atoms with van der Waals surface area (Å²) in [7, 11) is 0. The highest BCUT2D eigenvalue weighted by Crippen LogP contribution is 2.46. The summed E-state index contributed by atoms with van der Waals surface area (Å²) in [4.78, 5) is 31.9. The summed E-state index contributed by atoms with van der Waals surface area (Å²) in [6, 6.07) is 7.79. The van der Waals surface area contributed by atoms with Crippen LogP contribution in [0.3, 0.4) is 0 Å². The summed E-state index contributed by atoms with van der Waals surface area (Å²) in [6.45, 7) is 7.55. The topological polar surface area (TPSA) is 71.9 Å². The monoisotopic (exact) mass is 345 g/mol. The van der Waals surface area contributed by atoms with Gasteiger partial charge in [0.05, 0.1) is 11.1 Å². The summed E-state index contributed by atoms with van der Waals surface area (Å²) in [6.07, 6.45) is 5.27. The summed E-state index contributed by atoms with van der Waals surface area (Å²) < 4.78 is 0. The normalized spacial score (nSPS) is 15.2. The van der Waals surface area contributed by atoms with Gasteiger partial charge in [-0.2, -0.15) is 0 Å². The molecule has 2 aromatic heterocycles. The molecular formula is C20H19N5O. The van der Waals surface area contributed by atoms with E-state index in [0.717, 1.165) is 28.2 Å². The van der Waals surface area contributed by atoms with Crippen LogP contribution in [0.4, 0.5) is 11.5 Å². The number of aryl methyl sites for hydroxylation is 2. The van der Waals surface area contributed by atoms with Crippen LogP contribution in [-0.4, -0.2) is 25.8 Å². The third kappa shape index (κ3) is 2.45. The molecule has 6 heteroatoms. The second kappa shape index (κ2) is 5.69. The molecule has 0 N–H and O–H groups in total. The van der Waals surface area contributed by atoms with Crippen molar-refractivity contribution in [3.05, 3.63) is 60.1 Å². The van der Waals surface area contributed by atoms with Crippen molar-refractivity contribution in [1.29, 1.82) is 0 Å². The molecule has 0 spiro atoms. The fourth-order valence-corrected chi connectivity index (χ4v) is 3.27. The highest BCUT2D eigenvalue weighted by atomic mass is 16.2. The maximum absolute atomic E-state index is 13.1. The first-order valence-corrected chi connectivity index (χ1v) is 8.45. The Morgan fingerprint density at radius 1 is 0.923 bits per heavy atom. The lowest BCUT2D eigenvalue weighted by Gasteiger charge is -2.19. The van der Waals surface area contributed by atoms with Crippen LogP contribution >= 0.6 is 0 Å². The van der Waals surface area contributed by atoms with Crippen LogP contribution in [0.25, 0.3) is 11.1 Å². The van der Waals surface area contributed by atoms with Crippen molar-refractivity contribution in [2.75, 3.05) is 4.90 Å². The molecule has 1 aromatic carbocycles. The third-order valence-electron chi connectivity index (χ3n) is 4.75. The number of carbonyl (C=O) groups excluding carboxylic acids is 1. The minimum atomic E-state index is -0.615. The van der Waals surface area contributed by atoms with Gasteiger partial charge in [0, 0.05) is 24.2 Å². The number of benzene rings is 1. The van der Waals surface area contributed by atoms with E-state index in [4.69, 9.17) is 0 Å². The zero-order valence-corrected chi connectivity index (χ0v) is 15.2. The van der Waals surface area contributed by atoms with E-state index in [0.29, 0.717) is 11.6 Å². The predicted molar refractivity (Wildman–Crippen MR) is 99.1 cm³/mol. The van der Waals surface area contributed by atoms with Gasteiger partial charge < -0.3 is 0 Å². The number of aromatic nitrogens is 4. The quantitative estimate of drug-likeness (QED) is 0.711. The fraction of sp³-hybridized carbons (Fsp3) is 0.250. The third-order valence-corrected chi connectivity index (χ3v) is 4.75. The van der Waals surface area contributed by atoms with Crippen LogP contribution < -0.4 is 4.90 Å². The Morgan fingerprint density at radius 2 is 1.65 bits per heavy atom. The Hall–Kier alpha value is -3.15. The SMILES string of the molecule is Cc1ncc(-c2ccc3c(c2)N(c2ccnc(C)n2)C(=O)C3(C)C)cn1. The lowest BCUT2D eigenvalue weighted by Crippen LogP contribution is -2.33. The molecule has 130 valence electrons. The van der Waals surface area contributed by atoms with Crippen molar-refractivity contribution in [2.45, 2.75) is 33.1 Å². The zero-order chi connectivity index (χ0) is 18.5. The molecule has 1 amide bonds. The molecule has 3 heterocycles. The van der Waals surface area contributed by atoms with Crippen molar-refractivity contribution >= 4 is 17.4 Å². The average molecular weight is 345 g/mol. The summed E-state index contributed by atoms with van der Waals surface area (Å²) in [5, 5.41) is 0. The molecule has 6 nitrogen and oxygen atoms in total. The second-order valence-corrected chi connectivity index (χ2v) is 6.98. The first-order chi connectivity index (χ1) is 12.4. The second-order valence-electron chi connectivity index (χ2n) is 6.98. The Kier molecular flexibility index (Phi) is 3.57. The number of amides is 1. The number of hydrogen-bond acceptors (Lipinski definition) is 5. The van der Waals surface area contributed by atoms with E-state index in [1.54, 1.807) is 29.6 Å². The molecule has 1 aliphatic heterocycles. The van der Waals surface area contributed by atoms with Crippen molar-refractivity contribution in [1.82, 2.24) is 19.9 Å². The van der Waals surface area contributed by atoms with Crippen LogP contribution in [0.5, 0.6) is 0 Å². The molecule has 0 bridgehead atoms. The Morgan fingerprint density at radius 3 is 2.35 bits per heavy atom. The van der Waals surface area contributed by atoms with Crippen molar-refractivity contribution in [2.24, 2.45) is 0 Å². The van der Waals surface area contributed by atoms with Crippen LogP contribution in [0.1, 0.15) is 31.1 Å². The number of carbonyl (C=O) groups is 1. The Labute approximate surface area is 152 Å². The van der Waals surface area contributed by atoms with E-state index in [1.807, 2.05) is 45.9 Å². The molecule has 0 aliphatic carbocycles. The van der Waals surface area contributed by atoms with Gasteiger partial charge in [-0.05, 0) is 51.0 Å². The summed E-state index contributed by atoms with van der Waals surface area (Å²) >= 11 is 0. The van der Waals surface area contributed by atoms with Gasteiger partial charge in [0.2, 0.25) is 5.91 Å². The molecule has 26 heavy (non-hydrogen) atoms. The van der Waals surface area contributed by atoms with E-state index in [9.17, 15) is 4.79 Å². The van der Waals surface area contributed by atoms with E-state index in [2.05, 4.69) is 19.9 Å². The number of nitrogens with zero attached hydrogens (tertiary/aromatic N) is 5. The smallest absolute Gasteiger partial charge is 0.242 e. The first kappa shape index (κ1) is 16.3. The van der Waals surface area contributed by atoms with Crippen LogP contribution in [0.2, 0.25) is 0 Å². The van der Waals surface area contributed by atoms with Gasteiger partial charge in [-0.25, -0.2) is 19.9 Å². The molecule has 0 fully saturated rings. The van der Waals surface area contributed by atoms with Crippen molar-refractivity contribution in [3.63, 3.8) is 0 Å². The zero-order valence-electron chi connectivity index (χ0n) is 15.2. The fourth-order valence-electron chi connectivity index (χ4n) is 3.27. The van der Waals surface area contributed by atoms with Crippen LogP contribution in [-0.2, 0) is 10.2 Å². The van der Waals surface area contributed by atoms with Crippen LogP contribution in [0, 0.1) is 13.8 Å². The molecule has 1 aliphatic rings. The number of rotatable bonds is 2. The molecule has 0 unspecified atom stereocenters. The summed E-state index contributed by atoms with van der Waals surface area (Å²) in [5.41, 5.74) is 3.09. The van der Waals surface area contributed by atoms with E-state index < -0.39 is 5.41 Å². The number of anilines is 2. The lowest BCUT2D eigenvalue weighted by atomic mass is 9.85. The standard InChI is InChI=1S/C20H19N5O/c1-12-22-10-15(11-23-12)14-5-6-16-17(9-14)25(19(26)20(16,3)4)18-7-8-21-13(2)24-18/h5-11H,1-4H3. The van der Waals surface area contributed by atoms with E-state index in [1.165, 1.54) is 0 Å². The molecule has 0 saturated carbocycles. The minimum absolute atomic E-state index is 0.00269. The molecule has 4 rings (SSSR count). The number of fused-ring (bicyclic) bond motifs is 1. The van der Waals surface area contributed by atoms with Gasteiger partial charge in [-0.15, -0.1) is 0 Å². The highest BCUT2D eigenvalue weighted by Gasteiger charge is 2.45. The van der Waals surface area contributed by atoms with Crippen molar-refractivity contribution in [3.8, 4) is 11.1 Å². The predicted octanol–water partition coefficient (Wildman–Crippen LogP) is 3.51. The molecule has 0 atom stereocenters. The van der Waals surface area contributed by atoms with E-state index in [-0.39, 0.29) is 5.91 Å². The Balaban J connectivity index is 1.89. The highest BCUT2D eigenvalue weighted by molar-refractivity contribution is 6.12. The molecule has 3 aromatic rings. The van der Waals surface area contributed by atoms with Crippen LogP contribution in [0.15, 0.2) is 42.9 Å². The molecule has 0 radical (unpaired) electrons. The van der Waals surface area contributed by atoms with Crippen molar-refractivity contribution < 1.29 is 4.79 Å². The van der Waals surface area contributed by atoms with Gasteiger partial charge >= 0.3 is 0 Å². The van der Waals surface area contributed by atoms with Gasteiger partial charge in [-0.1, -0.05) is 12.1 Å². The average Bonchev–Trinajstić information content (AvgIpc) is 2.81. The van der Waals surface area contributed by atoms with Gasteiger partial charge in [-0.3, -0.25) is 9.69 Å². The van der Waals surface area contributed by atoms with Gasteiger partial charge in [0.1, 0.15) is 17.5 Å². The lowest BCUT2D eigenvalue weighted by molar-refractivity contribution is -0.121. The summed E-state index contributed by atoms with van der Waals surface area (Å²) in [5.74, 6) is 1.95. The minimum Gasteiger partial charge on any atom is -0.273 e. The van der Waals surface area contributed by atoms with Gasteiger partial charge in [0.25, 0.3) is 0 Å². The largest absolute Gasteiger partial charge is 0.273 e. The molecular weight excluding hydrogens is 326 g/mol. The first-order valence-electron chi connectivity index (χ1n) is 8.45. The molecule has 0 saturated heterocycles. The van der Waals surface area contributed by atoms with Gasteiger partial charge in [0.15, 0.2) is 0 Å². The van der Waals surface area contributed by atoms with E-state index >= 15 is 0 Å². The Bertz CT molecular complexity index is 1010. The number of hydrogen-bond donors (Lipinski definition) is 0. The maximum Gasteiger partial charge on any atom is 0.242 e.